The summed E-state index contributed by atoms with van der Waals surface area (Å²) in [5.41, 5.74) is 0.315. The lowest BCUT2D eigenvalue weighted by Crippen LogP contribution is -2.45. The van der Waals surface area contributed by atoms with Gasteiger partial charge in [-0.05, 0) is 31.8 Å². The quantitative estimate of drug-likeness (QED) is 0.643. The van der Waals surface area contributed by atoms with E-state index in [1.807, 2.05) is 0 Å². The van der Waals surface area contributed by atoms with Crippen LogP contribution in [0.2, 0.25) is 0 Å². The molecule has 2 unspecified atom stereocenters. The predicted molar refractivity (Wildman–Crippen MR) is 59.3 cm³/mol. The van der Waals surface area contributed by atoms with E-state index in [0.29, 0.717) is 23.2 Å². The number of carbonyl (C=O) groups excluding carboxylic acids is 1. The second kappa shape index (κ2) is 4.01. The molecule has 1 rings (SSSR count). The molecule has 1 aliphatic rings. The molecular weight excluding hydrogens is 174 g/mol. The summed E-state index contributed by atoms with van der Waals surface area (Å²) in [5.74, 6) is 1.08. The summed E-state index contributed by atoms with van der Waals surface area (Å²) in [6.45, 7) is 6.85. The summed E-state index contributed by atoms with van der Waals surface area (Å²) in [7, 11) is 4.17. The van der Waals surface area contributed by atoms with Gasteiger partial charge in [-0.1, -0.05) is 20.8 Å². The molecule has 0 bridgehead atoms. The van der Waals surface area contributed by atoms with E-state index in [-0.39, 0.29) is 0 Å². The third-order valence-corrected chi connectivity index (χ3v) is 3.41. The maximum atomic E-state index is 11.4. The van der Waals surface area contributed by atoms with Gasteiger partial charge in [0.25, 0.3) is 0 Å². The largest absolute Gasteiger partial charge is 0.306 e. The lowest BCUT2D eigenvalue weighted by atomic mass is 9.69. The van der Waals surface area contributed by atoms with Crippen molar-refractivity contribution in [3.8, 4) is 0 Å². The Kier molecular flexibility index (Phi) is 3.36. The van der Waals surface area contributed by atoms with Gasteiger partial charge in [-0.15, -0.1) is 0 Å². The van der Waals surface area contributed by atoms with E-state index in [0.717, 1.165) is 19.3 Å². The summed E-state index contributed by atoms with van der Waals surface area (Å²) in [4.78, 5) is 13.6. The summed E-state index contributed by atoms with van der Waals surface area (Å²) in [6, 6.07) is 0.441. The zero-order chi connectivity index (χ0) is 10.9. The van der Waals surface area contributed by atoms with Gasteiger partial charge in [-0.2, -0.15) is 0 Å². The average molecular weight is 197 g/mol. The highest BCUT2D eigenvalue weighted by Gasteiger charge is 2.37. The van der Waals surface area contributed by atoms with Crippen LogP contribution in [0.3, 0.4) is 0 Å². The van der Waals surface area contributed by atoms with Crippen molar-refractivity contribution in [1.82, 2.24) is 4.90 Å². The monoisotopic (exact) mass is 197 g/mol. The van der Waals surface area contributed by atoms with Crippen molar-refractivity contribution in [2.45, 2.75) is 46.1 Å². The van der Waals surface area contributed by atoms with Crippen LogP contribution >= 0.6 is 0 Å². The minimum absolute atomic E-state index is 0.315. The molecule has 0 aromatic rings. The van der Waals surface area contributed by atoms with Crippen molar-refractivity contribution in [2.24, 2.45) is 11.3 Å². The molecule has 2 heteroatoms. The number of hydrogen-bond acceptors (Lipinski definition) is 2. The minimum atomic E-state index is 0.315. The van der Waals surface area contributed by atoms with Crippen LogP contribution in [0.15, 0.2) is 0 Å². The first-order valence-electron chi connectivity index (χ1n) is 5.50. The van der Waals surface area contributed by atoms with Crippen LogP contribution in [0.25, 0.3) is 0 Å². The Balaban J connectivity index is 2.78. The molecule has 0 radical (unpaired) electrons. The van der Waals surface area contributed by atoms with Crippen molar-refractivity contribution in [2.75, 3.05) is 14.1 Å². The topological polar surface area (TPSA) is 20.3 Å². The average Bonchev–Trinajstić information content (AvgIpc) is 2.01. The molecule has 2 atom stereocenters. The van der Waals surface area contributed by atoms with E-state index in [1.165, 1.54) is 0 Å². The zero-order valence-electron chi connectivity index (χ0n) is 10.1. The van der Waals surface area contributed by atoms with Crippen molar-refractivity contribution >= 4 is 5.78 Å². The standard InChI is InChI=1S/C12H23NO/c1-12(2,3)10-7-6-9(14)8-11(10)13(4)5/h10-11H,6-8H2,1-5H3. The van der Waals surface area contributed by atoms with Gasteiger partial charge in [-0.3, -0.25) is 4.79 Å². The number of rotatable bonds is 1. The first-order valence-corrected chi connectivity index (χ1v) is 5.50. The molecule has 0 heterocycles. The van der Waals surface area contributed by atoms with E-state index in [1.54, 1.807) is 0 Å². The van der Waals surface area contributed by atoms with E-state index in [2.05, 4.69) is 39.8 Å². The highest BCUT2D eigenvalue weighted by molar-refractivity contribution is 5.79. The number of hydrogen-bond donors (Lipinski definition) is 0. The van der Waals surface area contributed by atoms with Gasteiger partial charge in [0.05, 0.1) is 0 Å². The van der Waals surface area contributed by atoms with E-state index < -0.39 is 0 Å². The Bertz CT molecular complexity index is 215. The molecule has 0 N–H and O–H groups in total. The highest BCUT2D eigenvalue weighted by atomic mass is 16.1. The molecule has 82 valence electrons. The van der Waals surface area contributed by atoms with Gasteiger partial charge in [-0.25, -0.2) is 0 Å². The summed E-state index contributed by atoms with van der Waals surface area (Å²) >= 11 is 0. The van der Waals surface area contributed by atoms with Crippen LogP contribution in [-0.4, -0.2) is 30.8 Å². The Hall–Kier alpha value is -0.370. The Labute approximate surface area is 87.7 Å². The van der Waals surface area contributed by atoms with Crippen molar-refractivity contribution in [3.63, 3.8) is 0 Å². The molecule has 0 amide bonds. The van der Waals surface area contributed by atoms with Crippen LogP contribution in [0.1, 0.15) is 40.0 Å². The number of nitrogens with zero attached hydrogens (tertiary/aromatic N) is 1. The lowest BCUT2D eigenvalue weighted by molar-refractivity contribution is -0.124. The summed E-state index contributed by atoms with van der Waals surface area (Å²) < 4.78 is 0. The highest BCUT2D eigenvalue weighted by Crippen LogP contribution is 2.38. The maximum absolute atomic E-state index is 11.4. The predicted octanol–water partition coefficient (Wildman–Crippen LogP) is 2.33. The van der Waals surface area contributed by atoms with Gasteiger partial charge < -0.3 is 4.90 Å². The molecule has 0 aromatic carbocycles. The van der Waals surface area contributed by atoms with E-state index in [9.17, 15) is 4.79 Å². The molecule has 1 aliphatic carbocycles. The van der Waals surface area contributed by atoms with Crippen molar-refractivity contribution < 1.29 is 4.79 Å². The van der Waals surface area contributed by atoms with Crippen LogP contribution in [0.4, 0.5) is 0 Å². The fourth-order valence-corrected chi connectivity index (χ4v) is 2.54. The van der Waals surface area contributed by atoms with Crippen LogP contribution in [-0.2, 0) is 4.79 Å². The molecular formula is C12H23NO. The minimum Gasteiger partial charge on any atom is -0.306 e. The number of carbonyl (C=O) groups is 1. The van der Waals surface area contributed by atoms with Gasteiger partial charge in [0.2, 0.25) is 0 Å². The van der Waals surface area contributed by atoms with E-state index in [4.69, 9.17) is 0 Å². The molecule has 1 saturated carbocycles. The molecule has 0 spiro atoms. The number of ketones is 1. The maximum Gasteiger partial charge on any atom is 0.134 e. The second-order valence-electron chi connectivity index (χ2n) is 5.78. The van der Waals surface area contributed by atoms with Gasteiger partial charge in [0, 0.05) is 18.9 Å². The fourth-order valence-electron chi connectivity index (χ4n) is 2.54. The second-order valence-corrected chi connectivity index (χ2v) is 5.78. The molecule has 1 fully saturated rings. The summed E-state index contributed by atoms with van der Waals surface area (Å²) in [6.07, 6.45) is 2.59. The number of Topliss-reactive ketones (excluding diaryl/α,β-unsaturated/α-hetero) is 1. The normalized spacial score (nSPS) is 29.7. The molecule has 0 saturated heterocycles. The molecule has 0 aromatic heterocycles. The van der Waals surface area contributed by atoms with Gasteiger partial charge >= 0.3 is 0 Å². The van der Waals surface area contributed by atoms with Crippen LogP contribution in [0.5, 0.6) is 0 Å². The molecule has 14 heavy (non-hydrogen) atoms. The third kappa shape index (κ3) is 2.57. The first kappa shape index (κ1) is 11.7. The zero-order valence-corrected chi connectivity index (χ0v) is 10.1. The Morgan fingerprint density at radius 3 is 2.29 bits per heavy atom. The van der Waals surface area contributed by atoms with Gasteiger partial charge in [0.1, 0.15) is 5.78 Å². The first-order chi connectivity index (χ1) is 6.32. The van der Waals surface area contributed by atoms with Crippen LogP contribution in [0, 0.1) is 11.3 Å². The SMILES string of the molecule is CN(C)C1CC(=O)CCC1C(C)(C)C. The molecule has 0 aliphatic heterocycles. The Morgan fingerprint density at radius 1 is 1.29 bits per heavy atom. The lowest BCUT2D eigenvalue weighted by Gasteiger charge is -2.43. The summed E-state index contributed by atoms with van der Waals surface area (Å²) in [5, 5.41) is 0. The third-order valence-electron chi connectivity index (χ3n) is 3.41. The van der Waals surface area contributed by atoms with Crippen molar-refractivity contribution in [3.05, 3.63) is 0 Å². The molecule has 2 nitrogen and oxygen atoms in total. The van der Waals surface area contributed by atoms with Crippen molar-refractivity contribution in [1.29, 1.82) is 0 Å². The Morgan fingerprint density at radius 2 is 1.86 bits per heavy atom. The van der Waals surface area contributed by atoms with E-state index >= 15 is 0 Å². The fraction of sp³-hybridized carbons (Fsp3) is 0.917. The smallest absolute Gasteiger partial charge is 0.134 e. The van der Waals surface area contributed by atoms with Gasteiger partial charge in [0.15, 0.2) is 0 Å². The van der Waals surface area contributed by atoms with Crippen LogP contribution < -0.4 is 0 Å².